The molecule has 1 aliphatic carbocycles. The maximum atomic E-state index is 5.70. The van der Waals surface area contributed by atoms with Gasteiger partial charge in [-0.25, -0.2) is 0 Å². The molecule has 1 fully saturated rings. The molecule has 98 valence electrons. The standard InChI is InChI=1S/C15H21NO2/c1-17-14-9-12(13-7-4-8-16-13)15(18-2)11-6-3-5-10(11)14/h9,13,16H,3-8H2,1-2H3. The lowest BCUT2D eigenvalue weighted by atomic mass is 9.97. The Morgan fingerprint density at radius 3 is 2.61 bits per heavy atom. The topological polar surface area (TPSA) is 30.5 Å². The minimum atomic E-state index is 0.430. The van der Waals surface area contributed by atoms with E-state index in [0.29, 0.717) is 6.04 Å². The number of rotatable bonds is 3. The Morgan fingerprint density at radius 1 is 1.11 bits per heavy atom. The van der Waals surface area contributed by atoms with Gasteiger partial charge in [0.2, 0.25) is 0 Å². The van der Waals surface area contributed by atoms with E-state index in [9.17, 15) is 0 Å². The van der Waals surface area contributed by atoms with E-state index in [2.05, 4.69) is 11.4 Å². The molecule has 3 heteroatoms. The molecule has 1 aromatic carbocycles. The van der Waals surface area contributed by atoms with Gasteiger partial charge in [-0.1, -0.05) is 0 Å². The zero-order chi connectivity index (χ0) is 12.5. The first-order valence-electron chi connectivity index (χ1n) is 6.85. The fraction of sp³-hybridized carbons (Fsp3) is 0.600. The monoisotopic (exact) mass is 247 g/mol. The maximum Gasteiger partial charge on any atom is 0.127 e. The lowest BCUT2D eigenvalue weighted by Crippen LogP contribution is -2.15. The molecule has 0 amide bonds. The summed E-state index contributed by atoms with van der Waals surface area (Å²) in [6, 6.07) is 2.62. The Balaban J connectivity index is 2.11. The van der Waals surface area contributed by atoms with Crippen molar-refractivity contribution in [3.05, 3.63) is 22.8 Å². The van der Waals surface area contributed by atoms with Crippen LogP contribution in [0.4, 0.5) is 0 Å². The number of hydrogen-bond donors (Lipinski definition) is 1. The second kappa shape index (κ2) is 4.81. The molecule has 1 aliphatic heterocycles. The van der Waals surface area contributed by atoms with Gasteiger partial charge in [-0.05, 0) is 44.7 Å². The Labute approximate surface area is 108 Å². The summed E-state index contributed by atoms with van der Waals surface area (Å²) in [6.07, 6.45) is 5.89. The molecule has 0 saturated carbocycles. The van der Waals surface area contributed by atoms with Gasteiger partial charge < -0.3 is 14.8 Å². The van der Waals surface area contributed by atoms with Crippen LogP contribution in [-0.4, -0.2) is 20.8 Å². The third kappa shape index (κ3) is 1.77. The Hall–Kier alpha value is -1.22. The van der Waals surface area contributed by atoms with Crippen LogP contribution >= 0.6 is 0 Å². The first kappa shape index (κ1) is 11.8. The van der Waals surface area contributed by atoms with Crippen LogP contribution < -0.4 is 14.8 Å². The summed E-state index contributed by atoms with van der Waals surface area (Å²) in [4.78, 5) is 0. The molecule has 1 aromatic rings. The predicted molar refractivity (Wildman–Crippen MR) is 71.5 cm³/mol. The molecule has 1 saturated heterocycles. The molecule has 0 aromatic heterocycles. The zero-order valence-corrected chi connectivity index (χ0v) is 11.2. The van der Waals surface area contributed by atoms with E-state index in [4.69, 9.17) is 9.47 Å². The largest absolute Gasteiger partial charge is 0.496 e. The third-order valence-corrected chi connectivity index (χ3v) is 4.20. The van der Waals surface area contributed by atoms with E-state index in [1.54, 1.807) is 14.2 Å². The highest BCUT2D eigenvalue weighted by Gasteiger charge is 2.27. The molecule has 2 aliphatic rings. The van der Waals surface area contributed by atoms with Gasteiger partial charge in [-0.3, -0.25) is 0 Å². The predicted octanol–water partition coefficient (Wildman–Crippen LogP) is 2.62. The van der Waals surface area contributed by atoms with E-state index in [0.717, 1.165) is 30.9 Å². The van der Waals surface area contributed by atoms with E-state index in [-0.39, 0.29) is 0 Å². The van der Waals surface area contributed by atoms with Crippen LogP contribution in [0.3, 0.4) is 0 Å². The number of methoxy groups -OCH3 is 2. The summed E-state index contributed by atoms with van der Waals surface area (Å²) in [5.74, 6) is 2.15. The Bertz CT molecular complexity index is 450. The van der Waals surface area contributed by atoms with Crippen LogP contribution in [0.5, 0.6) is 11.5 Å². The van der Waals surface area contributed by atoms with Gasteiger partial charge in [-0.15, -0.1) is 0 Å². The van der Waals surface area contributed by atoms with Gasteiger partial charge in [0.1, 0.15) is 11.5 Å². The number of hydrogen-bond acceptors (Lipinski definition) is 3. The summed E-state index contributed by atoms with van der Waals surface area (Å²) < 4.78 is 11.3. The first-order chi connectivity index (χ1) is 8.85. The highest BCUT2D eigenvalue weighted by Crippen LogP contribution is 2.43. The zero-order valence-electron chi connectivity index (χ0n) is 11.2. The minimum absolute atomic E-state index is 0.430. The van der Waals surface area contributed by atoms with Gasteiger partial charge in [-0.2, -0.15) is 0 Å². The van der Waals surface area contributed by atoms with Crippen molar-refractivity contribution >= 4 is 0 Å². The molecule has 3 rings (SSSR count). The molecular weight excluding hydrogens is 226 g/mol. The molecule has 1 N–H and O–H groups in total. The molecule has 0 bridgehead atoms. The van der Waals surface area contributed by atoms with Crippen LogP contribution in [0, 0.1) is 0 Å². The molecule has 0 spiro atoms. The van der Waals surface area contributed by atoms with Gasteiger partial charge in [0.25, 0.3) is 0 Å². The number of nitrogens with one attached hydrogen (secondary N) is 1. The quantitative estimate of drug-likeness (QED) is 0.890. The second-order valence-corrected chi connectivity index (χ2v) is 5.16. The van der Waals surface area contributed by atoms with E-state index >= 15 is 0 Å². The SMILES string of the molecule is COc1cc(C2CCCN2)c(OC)c2c1CCC2. The summed E-state index contributed by atoms with van der Waals surface area (Å²) >= 11 is 0. The molecule has 18 heavy (non-hydrogen) atoms. The first-order valence-corrected chi connectivity index (χ1v) is 6.85. The van der Waals surface area contributed by atoms with E-state index < -0.39 is 0 Å². The fourth-order valence-corrected chi connectivity index (χ4v) is 3.37. The highest BCUT2D eigenvalue weighted by atomic mass is 16.5. The van der Waals surface area contributed by atoms with Gasteiger partial charge in [0.05, 0.1) is 14.2 Å². The van der Waals surface area contributed by atoms with E-state index in [1.807, 2.05) is 0 Å². The van der Waals surface area contributed by atoms with Gasteiger partial charge in [0, 0.05) is 22.7 Å². The summed E-state index contributed by atoms with van der Waals surface area (Å²) in [6.45, 7) is 1.10. The number of benzene rings is 1. The smallest absolute Gasteiger partial charge is 0.127 e. The highest BCUT2D eigenvalue weighted by molar-refractivity contribution is 5.56. The fourth-order valence-electron chi connectivity index (χ4n) is 3.37. The van der Waals surface area contributed by atoms with Crippen LogP contribution in [0.15, 0.2) is 6.07 Å². The van der Waals surface area contributed by atoms with Crippen molar-refractivity contribution in [3.63, 3.8) is 0 Å². The maximum absolute atomic E-state index is 5.70. The average Bonchev–Trinajstić information content (AvgIpc) is 3.07. The number of ether oxygens (including phenoxy) is 2. The van der Waals surface area contributed by atoms with Crippen LogP contribution in [0.25, 0.3) is 0 Å². The van der Waals surface area contributed by atoms with Crippen molar-refractivity contribution in [2.24, 2.45) is 0 Å². The van der Waals surface area contributed by atoms with Crippen molar-refractivity contribution < 1.29 is 9.47 Å². The number of fused-ring (bicyclic) bond motifs is 1. The van der Waals surface area contributed by atoms with Crippen molar-refractivity contribution in [3.8, 4) is 11.5 Å². The third-order valence-electron chi connectivity index (χ3n) is 4.20. The molecule has 1 atom stereocenters. The molecule has 3 nitrogen and oxygen atoms in total. The second-order valence-electron chi connectivity index (χ2n) is 5.16. The molecule has 1 heterocycles. The summed E-state index contributed by atoms with van der Waals surface area (Å²) in [5, 5.41) is 3.55. The lowest BCUT2D eigenvalue weighted by Gasteiger charge is -2.20. The normalized spacial score (nSPS) is 22.0. The molecule has 1 unspecified atom stereocenters. The van der Waals surface area contributed by atoms with Gasteiger partial charge in [0.15, 0.2) is 0 Å². The summed E-state index contributed by atoms with van der Waals surface area (Å²) in [5.41, 5.74) is 4.02. The van der Waals surface area contributed by atoms with Crippen LogP contribution in [0.2, 0.25) is 0 Å². The lowest BCUT2D eigenvalue weighted by molar-refractivity contribution is 0.388. The van der Waals surface area contributed by atoms with Gasteiger partial charge >= 0.3 is 0 Å². The van der Waals surface area contributed by atoms with Crippen LogP contribution in [0.1, 0.15) is 42.0 Å². The van der Waals surface area contributed by atoms with Crippen molar-refractivity contribution in [2.75, 3.05) is 20.8 Å². The van der Waals surface area contributed by atoms with Crippen molar-refractivity contribution in [2.45, 2.75) is 38.1 Å². The van der Waals surface area contributed by atoms with Crippen LogP contribution in [-0.2, 0) is 12.8 Å². The van der Waals surface area contributed by atoms with E-state index in [1.165, 1.54) is 36.0 Å². The van der Waals surface area contributed by atoms with Crippen molar-refractivity contribution in [1.82, 2.24) is 5.32 Å². The molecule has 0 radical (unpaired) electrons. The summed E-state index contributed by atoms with van der Waals surface area (Å²) in [7, 11) is 3.56. The van der Waals surface area contributed by atoms with Crippen molar-refractivity contribution in [1.29, 1.82) is 0 Å². The molecular formula is C15H21NO2. The average molecular weight is 247 g/mol. The minimum Gasteiger partial charge on any atom is -0.496 e. The Kier molecular flexibility index (Phi) is 3.16. The Morgan fingerprint density at radius 2 is 1.94 bits per heavy atom.